The first kappa shape index (κ1) is 16.3. The lowest BCUT2D eigenvalue weighted by Crippen LogP contribution is -2.45. The molecule has 3 rings (SSSR count). The summed E-state index contributed by atoms with van der Waals surface area (Å²) in [5.74, 6) is 0.913. The molecule has 1 amide bonds. The number of likely N-dealkylation sites (tertiary alicyclic amines) is 2. The molecule has 4 nitrogen and oxygen atoms in total. The highest BCUT2D eigenvalue weighted by atomic mass is 16.5. The Kier molecular flexibility index (Phi) is 5.55. The van der Waals surface area contributed by atoms with E-state index in [9.17, 15) is 4.79 Å². The molecule has 0 unspecified atom stereocenters. The third-order valence-corrected chi connectivity index (χ3v) is 5.18. The number of benzene rings is 1. The zero-order valence-corrected chi connectivity index (χ0v) is 14.2. The minimum atomic E-state index is 0.162. The summed E-state index contributed by atoms with van der Waals surface area (Å²) in [6, 6.07) is 7.93. The van der Waals surface area contributed by atoms with Gasteiger partial charge in [-0.15, -0.1) is 0 Å². The van der Waals surface area contributed by atoms with E-state index in [1.54, 1.807) is 7.11 Å². The molecular weight excluding hydrogens is 288 g/mol. The summed E-state index contributed by atoms with van der Waals surface area (Å²) in [7, 11) is 1.64. The smallest absolute Gasteiger partial charge is 0.254 e. The first-order valence-electron chi connectivity index (χ1n) is 8.95. The monoisotopic (exact) mass is 316 g/mol. The second kappa shape index (κ2) is 7.82. The maximum Gasteiger partial charge on any atom is 0.254 e. The van der Waals surface area contributed by atoms with Gasteiger partial charge in [-0.05, 0) is 69.8 Å². The third kappa shape index (κ3) is 4.05. The fraction of sp³-hybridized carbons (Fsp3) is 0.632. The molecule has 1 atom stereocenters. The zero-order valence-electron chi connectivity index (χ0n) is 14.2. The van der Waals surface area contributed by atoms with Crippen LogP contribution in [0.1, 0.15) is 48.9 Å². The van der Waals surface area contributed by atoms with Gasteiger partial charge in [0, 0.05) is 24.7 Å². The predicted molar refractivity (Wildman–Crippen MR) is 92.0 cm³/mol. The number of hydrogen-bond acceptors (Lipinski definition) is 3. The molecule has 1 aromatic rings. The minimum Gasteiger partial charge on any atom is -0.497 e. The summed E-state index contributed by atoms with van der Waals surface area (Å²) in [5, 5.41) is 0. The van der Waals surface area contributed by atoms with Crippen molar-refractivity contribution in [3.63, 3.8) is 0 Å². The summed E-state index contributed by atoms with van der Waals surface area (Å²) in [6.45, 7) is 4.49. The molecule has 2 heterocycles. The maximum absolute atomic E-state index is 12.9. The molecule has 0 radical (unpaired) electrons. The second-order valence-electron chi connectivity index (χ2n) is 6.72. The zero-order chi connectivity index (χ0) is 16.1. The van der Waals surface area contributed by atoms with Gasteiger partial charge in [0.05, 0.1) is 7.11 Å². The molecule has 126 valence electrons. The second-order valence-corrected chi connectivity index (χ2v) is 6.72. The number of ether oxygens (including phenoxy) is 1. The van der Waals surface area contributed by atoms with E-state index in [4.69, 9.17) is 4.74 Å². The van der Waals surface area contributed by atoms with E-state index in [1.165, 1.54) is 32.4 Å². The standard InChI is InChI=1S/C19H28N2O2/c1-23-18-9-6-7-16(15-18)19(22)21-13-3-2-8-17(21)10-14-20-11-4-5-12-20/h6-7,9,15,17H,2-5,8,10-14H2,1H3/t17-/m0/s1. The van der Waals surface area contributed by atoms with Crippen molar-refractivity contribution in [2.45, 2.75) is 44.6 Å². The number of carbonyl (C=O) groups excluding carboxylic acids is 1. The summed E-state index contributed by atoms with van der Waals surface area (Å²) >= 11 is 0. The van der Waals surface area contributed by atoms with Crippen LogP contribution in [0.2, 0.25) is 0 Å². The lowest BCUT2D eigenvalue weighted by atomic mass is 9.98. The Balaban J connectivity index is 1.65. The molecule has 0 aromatic heterocycles. The van der Waals surface area contributed by atoms with Crippen LogP contribution in [0, 0.1) is 0 Å². The fourth-order valence-electron chi connectivity index (χ4n) is 3.83. The Morgan fingerprint density at radius 3 is 2.74 bits per heavy atom. The van der Waals surface area contributed by atoms with E-state index < -0.39 is 0 Å². The number of hydrogen-bond donors (Lipinski definition) is 0. The average Bonchev–Trinajstić information content (AvgIpc) is 3.13. The lowest BCUT2D eigenvalue weighted by Gasteiger charge is -2.36. The summed E-state index contributed by atoms with van der Waals surface area (Å²) in [5.41, 5.74) is 0.748. The Morgan fingerprint density at radius 2 is 1.96 bits per heavy atom. The van der Waals surface area contributed by atoms with E-state index in [2.05, 4.69) is 9.80 Å². The Morgan fingerprint density at radius 1 is 1.17 bits per heavy atom. The van der Waals surface area contributed by atoms with Crippen molar-refractivity contribution in [1.82, 2.24) is 9.80 Å². The number of methoxy groups -OCH3 is 1. The number of amides is 1. The van der Waals surface area contributed by atoms with E-state index in [1.807, 2.05) is 24.3 Å². The van der Waals surface area contributed by atoms with Gasteiger partial charge in [0.25, 0.3) is 5.91 Å². The molecule has 1 aromatic carbocycles. The molecule has 2 saturated heterocycles. The van der Waals surface area contributed by atoms with Crippen LogP contribution in [-0.2, 0) is 0 Å². The Hall–Kier alpha value is -1.55. The highest BCUT2D eigenvalue weighted by Gasteiger charge is 2.28. The third-order valence-electron chi connectivity index (χ3n) is 5.18. The van der Waals surface area contributed by atoms with Crippen molar-refractivity contribution < 1.29 is 9.53 Å². The maximum atomic E-state index is 12.9. The van der Waals surface area contributed by atoms with Crippen LogP contribution in [0.15, 0.2) is 24.3 Å². The van der Waals surface area contributed by atoms with E-state index in [0.29, 0.717) is 6.04 Å². The van der Waals surface area contributed by atoms with Gasteiger partial charge in [0.1, 0.15) is 5.75 Å². The summed E-state index contributed by atoms with van der Waals surface area (Å²) in [4.78, 5) is 17.6. The van der Waals surface area contributed by atoms with Gasteiger partial charge in [-0.3, -0.25) is 4.79 Å². The van der Waals surface area contributed by atoms with Crippen LogP contribution < -0.4 is 4.74 Å². The average molecular weight is 316 g/mol. The van der Waals surface area contributed by atoms with Crippen molar-refractivity contribution in [3.05, 3.63) is 29.8 Å². The van der Waals surface area contributed by atoms with Crippen LogP contribution >= 0.6 is 0 Å². The number of rotatable bonds is 5. The van der Waals surface area contributed by atoms with Crippen molar-refractivity contribution in [1.29, 1.82) is 0 Å². The van der Waals surface area contributed by atoms with Gasteiger partial charge in [0.2, 0.25) is 0 Å². The number of carbonyl (C=O) groups is 1. The molecule has 4 heteroatoms. The van der Waals surface area contributed by atoms with Crippen LogP contribution in [0.3, 0.4) is 0 Å². The van der Waals surface area contributed by atoms with Crippen LogP contribution in [0.5, 0.6) is 5.75 Å². The molecule has 0 aliphatic carbocycles. The van der Waals surface area contributed by atoms with Gasteiger partial charge in [-0.1, -0.05) is 6.07 Å². The predicted octanol–water partition coefficient (Wildman–Crippen LogP) is 3.18. The molecule has 0 N–H and O–H groups in total. The molecule has 0 spiro atoms. The molecule has 2 fully saturated rings. The van der Waals surface area contributed by atoms with Gasteiger partial charge in [0.15, 0.2) is 0 Å². The van der Waals surface area contributed by atoms with Gasteiger partial charge < -0.3 is 14.5 Å². The SMILES string of the molecule is COc1cccc(C(=O)N2CCCC[C@H]2CCN2CCCC2)c1. The topological polar surface area (TPSA) is 32.8 Å². The molecule has 0 bridgehead atoms. The van der Waals surface area contributed by atoms with E-state index in [0.717, 1.165) is 43.7 Å². The normalized spacial score (nSPS) is 22.3. The van der Waals surface area contributed by atoms with Crippen LogP contribution in [0.4, 0.5) is 0 Å². The molecule has 2 aliphatic heterocycles. The van der Waals surface area contributed by atoms with Crippen molar-refractivity contribution >= 4 is 5.91 Å². The Labute approximate surface area is 139 Å². The molecular formula is C19H28N2O2. The highest BCUT2D eigenvalue weighted by molar-refractivity contribution is 5.94. The highest BCUT2D eigenvalue weighted by Crippen LogP contribution is 2.24. The minimum absolute atomic E-state index is 0.162. The van der Waals surface area contributed by atoms with Crippen molar-refractivity contribution in [2.75, 3.05) is 33.3 Å². The summed E-state index contributed by atoms with van der Waals surface area (Å²) in [6.07, 6.45) is 7.27. The molecule has 0 saturated carbocycles. The largest absolute Gasteiger partial charge is 0.497 e. The van der Waals surface area contributed by atoms with Gasteiger partial charge >= 0.3 is 0 Å². The van der Waals surface area contributed by atoms with E-state index in [-0.39, 0.29) is 5.91 Å². The fourth-order valence-corrected chi connectivity index (χ4v) is 3.83. The van der Waals surface area contributed by atoms with Gasteiger partial charge in [-0.25, -0.2) is 0 Å². The Bertz CT molecular complexity index is 526. The van der Waals surface area contributed by atoms with Crippen molar-refractivity contribution in [3.8, 4) is 5.75 Å². The van der Waals surface area contributed by atoms with Crippen LogP contribution in [0.25, 0.3) is 0 Å². The van der Waals surface area contributed by atoms with Crippen LogP contribution in [-0.4, -0.2) is 55.0 Å². The first-order chi connectivity index (χ1) is 11.3. The molecule has 2 aliphatic rings. The number of nitrogens with zero attached hydrogens (tertiary/aromatic N) is 2. The van der Waals surface area contributed by atoms with Crippen molar-refractivity contribution in [2.24, 2.45) is 0 Å². The quantitative estimate of drug-likeness (QED) is 0.836. The van der Waals surface area contributed by atoms with Gasteiger partial charge in [-0.2, -0.15) is 0 Å². The lowest BCUT2D eigenvalue weighted by molar-refractivity contribution is 0.0587. The van der Waals surface area contributed by atoms with E-state index >= 15 is 0 Å². The number of piperidine rings is 1. The molecule has 23 heavy (non-hydrogen) atoms. The first-order valence-corrected chi connectivity index (χ1v) is 8.95. The summed E-state index contributed by atoms with van der Waals surface area (Å²) < 4.78 is 5.26.